The molecule has 3 nitrogen and oxygen atoms in total. The molecular weight excluding hydrogens is 417 g/mol. The third-order valence-electron chi connectivity index (χ3n) is 3.56. The van der Waals surface area contributed by atoms with Crippen LogP contribution in [0.25, 0.3) is 0 Å². The van der Waals surface area contributed by atoms with E-state index in [1.807, 2.05) is 30.5 Å². The Bertz CT molecular complexity index is 643. The zero-order chi connectivity index (χ0) is 14.8. The summed E-state index contributed by atoms with van der Waals surface area (Å²) in [5.74, 6) is 0.997. The fourth-order valence-electron chi connectivity index (χ4n) is 2.51. The van der Waals surface area contributed by atoms with Crippen LogP contribution in [0, 0.1) is 0 Å². The number of piperazine rings is 1. The zero-order valence-electron chi connectivity index (χ0n) is 11.3. The van der Waals surface area contributed by atoms with E-state index in [9.17, 15) is 0 Å². The number of nitrogens with zero attached hydrogens (tertiary/aromatic N) is 3. The Morgan fingerprint density at radius 3 is 2.33 bits per heavy atom. The Balaban J connectivity index is 1.72. The molecule has 0 atom stereocenters. The van der Waals surface area contributed by atoms with Crippen molar-refractivity contribution in [3.05, 3.63) is 50.5 Å². The van der Waals surface area contributed by atoms with Crippen LogP contribution in [-0.4, -0.2) is 31.2 Å². The van der Waals surface area contributed by atoms with Crippen molar-refractivity contribution in [3.63, 3.8) is 0 Å². The summed E-state index contributed by atoms with van der Waals surface area (Å²) in [6, 6.07) is 10.0. The molecule has 1 aliphatic rings. The zero-order valence-corrected chi connectivity index (χ0v) is 15.2. The minimum absolute atomic E-state index is 0.814. The molecule has 1 saturated heterocycles. The van der Waals surface area contributed by atoms with Gasteiger partial charge < -0.3 is 9.80 Å². The molecule has 110 valence electrons. The van der Waals surface area contributed by atoms with Crippen LogP contribution in [0.15, 0.2) is 45.5 Å². The molecule has 3 rings (SSSR count). The topological polar surface area (TPSA) is 19.4 Å². The number of anilines is 2. The first-order valence-corrected chi connectivity index (χ1v) is 8.67. The molecule has 0 unspecified atom stereocenters. The number of para-hydroxylation sites is 1. The van der Waals surface area contributed by atoms with Gasteiger partial charge in [0, 0.05) is 36.8 Å². The number of benzene rings is 1. The summed E-state index contributed by atoms with van der Waals surface area (Å²) in [6.07, 6.45) is 1.83. The third-order valence-corrected chi connectivity index (χ3v) is 4.90. The lowest BCUT2D eigenvalue weighted by Gasteiger charge is -2.37. The highest BCUT2D eigenvalue weighted by molar-refractivity contribution is 9.11. The van der Waals surface area contributed by atoms with Gasteiger partial charge >= 0.3 is 0 Å². The number of hydrogen-bond donors (Lipinski definition) is 0. The molecule has 2 heterocycles. The summed E-state index contributed by atoms with van der Waals surface area (Å²) < 4.78 is 2.00. The molecule has 0 aliphatic carbocycles. The van der Waals surface area contributed by atoms with Gasteiger partial charge in [0.1, 0.15) is 5.82 Å². The van der Waals surface area contributed by atoms with Crippen LogP contribution < -0.4 is 9.80 Å². The maximum Gasteiger partial charge on any atom is 0.143 e. The Hall–Kier alpha value is -0.780. The Kier molecular flexibility index (Phi) is 4.72. The lowest BCUT2D eigenvalue weighted by molar-refractivity contribution is 0.646. The fourth-order valence-corrected chi connectivity index (χ4v) is 4.00. The van der Waals surface area contributed by atoms with Crippen LogP contribution >= 0.6 is 43.5 Å². The van der Waals surface area contributed by atoms with E-state index >= 15 is 0 Å². The minimum atomic E-state index is 0.814. The Morgan fingerprint density at radius 2 is 1.67 bits per heavy atom. The van der Waals surface area contributed by atoms with Gasteiger partial charge in [0.2, 0.25) is 0 Å². The van der Waals surface area contributed by atoms with E-state index in [4.69, 9.17) is 11.6 Å². The van der Waals surface area contributed by atoms with Gasteiger partial charge in [-0.25, -0.2) is 4.98 Å². The van der Waals surface area contributed by atoms with Crippen molar-refractivity contribution in [1.29, 1.82) is 0 Å². The van der Waals surface area contributed by atoms with Gasteiger partial charge in [0.25, 0.3) is 0 Å². The van der Waals surface area contributed by atoms with Crippen LogP contribution in [0.3, 0.4) is 0 Å². The molecule has 0 N–H and O–H groups in total. The van der Waals surface area contributed by atoms with Gasteiger partial charge in [-0.05, 0) is 50.1 Å². The second-order valence-corrected chi connectivity index (χ2v) is 7.06. The van der Waals surface area contributed by atoms with Crippen molar-refractivity contribution in [3.8, 4) is 0 Å². The SMILES string of the molecule is Clc1ccccc1N1CCN(c2ncc(Br)cc2Br)CC1. The van der Waals surface area contributed by atoms with E-state index in [0.29, 0.717) is 0 Å². The fraction of sp³-hybridized carbons (Fsp3) is 0.267. The van der Waals surface area contributed by atoms with Crippen molar-refractivity contribution < 1.29 is 0 Å². The third kappa shape index (κ3) is 3.35. The molecule has 0 spiro atoms. The first-order chi connectivity index (χ1) is 10.1. The standard InChI is InChI=1S/C15H14Br2ClN3/c16-11-9-12(17)15(19-10-11)21-7-5-20(6-8-21)14-4-2-1-3-13(14)18/h1-4,9-10H,5-8H2. The minimum Gasteiger partial charge on any atom is -0.367 e. The van der Waals surface area contributed by atoms with E-state index in [0.717, 1.165) is 51.7 Å². The maximum atomic E-state index is 6.27. The van der Waals surface area contributed by atoms with Crippen molar-refractivity contribution in [2.75, 3.05) is 36.0 Å². The molecule has 1 aromatic carbocycles. The smallest absolute Gasteiger partial charge is 0.143 e. The molecule has 2 aromatic rings. The Labute approximate surface area is 146 Å². The van der Waals surface area contributed by atoms with Gasteiger partial charge in [-0.15, -0.1) is 0 Å². The molecule has 0 radical (unpaired) electrons. The average Bonchev–Trinajstić information content (AvgIpc) is 2.48. The van der Waals surface area contributed by atoms with E-state index < -0.39 is 0 Å². The van der Waals surface area contributed by atoms with E-state index in [1.54, 1.807) is 0 Å². The number of aromatic nitrogens is 1. The number of pyridine rings is 1. The van der Waals surface area contributed by atoms with Gasteiger partial charge in [-0.2, -0.15) is 0 Å². The molecule has 1 aliphatic heterocycles. The van der Waals surface area contributed by atoms with E-state index in [2.05, 4.69) is 52.7 Å². The maximum absolute atomic E-state index is 6.27. The quantitative estimate of drug-likeness (QED) is 0.694. The van der Waals surface area contributed by atoms with Gasteiger partial charge in [0.05, 0.1) is 15.2 Å². The summed E-state index contributed by atoms with van der Waals surface area (Å²) in [4.78, 5) is 9.12. The second-order valence-electron chi connectivity index (χ2n) is 4.88. The predicted octanol–water partition coefficient (Wildman–Crippen LogP) is 4.59. The second kappa shape index (κ2) is 6.55. The molecule has 0 saturated carbocycles. The average molecular weight is 432 g/mol. The largest absolute Gasteiger partial charge is 0.367 e. The molecule has 1 aromatic heterocycles. The summed E-state index contributed by atoms with van der Waals surface area (Å²) in [5, 5.41) is 0.814. The molecule has 1 fully saturated rings. The monoisotopic (exact) mass is 429 g/mol. The lowest BCUT2D eigenvalue weighted by atomic mass is 10.2. The van der Waals surface area contributed by atoms with Crippen LogP contribution in [0.1, 0.15) is 0 Å². The van der Waals surface area contributed by atoms with Crippen LogP contribution in [-0.2, 0) is 0 Å². The first-order valence-electron chi connectivity index (χ1n) is 6.70. The molecule has 6 heteroatoms. The van der Waals surface area contributed by atoms with Crippen LogP contribution in [0.2, 0.25) is 5.02 Å². The number of rotatable bonds is 2. The molecular formula is C15H14Br2ClN3. The highest BCUT2D eigenvalue weighted by Gasteiger charge is 2.21. The van der Waals surface area contributed by atoms with Gasteiger partial charge in [-0.3, -0.25) is 0 Å². The molecule has 0 bridgehead atoms. The van der Waals surface area contributed by atoms with E-state index in [1.165, 1.54) is 0 Å². The summed E-state index contributed by atoms with van der Waals surface area (Å²) in [5.41, 5.74) is 1.11. The summed E-state index contributed by atoms with van der Waals surface area (Å²) >= 11 is 13.3. The van der Waals surface area contributed by atoms with Crippen LogP contribution in [0.5, 0.6) is 0 Å². The summed E-state index contributed by atoms with van der Waals surface area (Å²) in [7, 11) is 0. The predicted molar refractivity (Wildman–Crippen MR) is 95.5 cm³/mol. The number of hydrogen-bond acceptors (Lipinski definition) is 3. The normalized spacial score (nSPS) is 15.4. The molecule has 21 heavy (non-hydrogen) atoms. The van der Waals surface area contributed by atoms with Crippen molar-refractivity contribution in [1.82, 2.24) is 4.98 Å². The van der Waals surface area contributed by atoms with Crippen molar-refractivity contribution >= 4 is 55.0 Å². The number of halogens is 3. The van der Waals surface area contributed by atoms with Crippen molar-refractivity contribution in [2.45, 2.75) is 0 Å². The molecule has 0 amide bonds. The first kappa shape index (κ1) is 15.1. The highest BCUT2D eigenvalue weighted by Crippen LogP contribution is 2.30. The lowest BCUT2D eigenvalue weighted by Crippen LogP contribution is -2.47. The van der Waals surface area contributed by atoms with Gasteiger partial charge in [0.15, 0.2) is 0 Å². The van der Waals surface area contributed by atoms with Crippen molar-refractivity contribution in [2.24, 2.45) is 0 Å². The van der Waals surface area contributed by atoms with E-state index in [-0.39, 0.29) is 0 Å². The summed E-state index contributed by atoms with van der Waals surface area (Å²) in [6.45, 7) is 3.73. The van der Waals surface area contributed by atoms with Crippen LogP contribution in [0.4, 0.5) is 11.5 Å². The highest BCUT2D eigenvalue weighted by atomic mass is 79.9. The Morgan fingerprint density at radius 1 is 1.00 bits per heavy atom. The van der Waals surface area contributed by atoms with Gasteiger partial charge in [-0.1, -0.05) is 23.7 Å².